The van der Waals surface area contributed by atoms with Gasteiger partial charge in [-0.1, -0.05) is 23.7 Å². The Hall–Kier alpha value is -2.64. The third-order valence-electron chi connectivity index (χ3n) is 3.15. The molecule has 0 aliphatic rings. The molecule has 0 radical (unpaired) electrons. The van der Waals surface area contributed by atoms with E-state index in [0.717, 1.165) is 17.3 Å². The van der Waals surface area contributed by atoms with Crippen molar-refractivity contribution in [2.75, 3.05) is 0 Å². The molecule has 3 aromatic rings. The van der Waals surface area contributed by atoms with Gasteiger partial charge >= 0.3 is 0 Å². The molecule has 0 fully saturated rings. The highest BCUT2D eigenvalue weighted by molar-refractivity contribution is 8.04. The van der Waals surface area contributed by atoms with Crippen LogP contribution in [0.5, 0.6) is 0 Å². The lowest BCUT2D eigenvalue weighted by Crippen LogP contribution is -2.23. The van der Waals surface area contributed by atoms with Crippen LogP contribution in [0, 0.1) is 5.82 Å². The summed E-state index contributed by atoms with van der Waals surface area (Å²) < 4.78 is 12.9. The van der Waals surface area contributed by atoms with Gasteiger partial charge in [-0.05, 0) is 59.8 Å². The number of H-pyrrole nitrogens is 1. The van der Waals surface area contributed by atoms with Crippen molar-refractivity contribution < 1.29 is 14.3 Å². The van der Waals surface area contributed by atoms with Crippen LogP contribution in [0.3, 0.4) is 0 Å². The standard InChI is InChI=1S/C17H11ClFN3O2S/c18-12-5-3-11(4-6-12)15-20-17(22-21-15)25-14(16(23)24)9-10-1-7-13(19)8-2-10/h1-9H,(H,23,24)(H,20,21,22)/p-1/b14-9-. The van der Waals surface area contributed by atoms with Crippen LogP contribution in [0.1, 0.15) is 5.56 Å². The lowest BCUT2D eigenvalue weighted by atomic mass is 10.2. The highest BCUT2D eigenvalue weighted by Gasteiger charge is 2.10. The van der Waals surface area contributed by atoms with Gasteiger partial charge in [-0.15, -0.1) is 5.10 Å². The van der Waals surface area contributed by atoms with E-state index in [-0.39, 0.29) is 10.1 Å². The first-order chi connectivity index (χ1) is 12.0. The number of aromatic nitrogens is 3. The summed E-state index contributed by atoms with van der Waals surface area (Å²) in [7, 11) is 0. The maximum Gasteiger partial charge on any atom is 0.213 e. The smallest absolute Gasteiger partial charge is 0.213 e. The molecule has 25 heavy (non-hydrogen) atoms. The van der Waals surface area contributed by atoms with Crippen molar-refractivity contribution in [1.82, 2.24) is 15.2 Å². The van der Waals surface area contributed by atoms with E-state index >= 15 is 0 Å². The summed E-state index contributed by atoms with van der Waals surface area (Å²) in [5.74, 6) is -1.29. The first-order valence-electron chi connectivity index (χ1n) is 7.06. The number of rotatable bonds is 5. The van der Waals surface area contributed by atoms with Gasteiger partial charge in [0.05, 0.1) is 5.97 Å². The van der Waals surface area contributed by atoms with Crippen LogP contribution >= 0.6 is 23.4 Å². The lowest BCUT2D eigenvalue weighted by molar-refractivity contribution is -0.297. The number of thioether (sulfide) groups is 1. The normalized spacial score (nSPS) is 11.5. The van der Waals surface area contributed by atoms with E-state index in [9.17, 15) is 14.3 Å². The quantitative estimate of drug-likeness (QED) is 0.548. The fraction of sp³-hybridized carbons (Fsp3) is 0. The van der Waals surface area contributed by atoms with Crippen LogP contribution in [0.15, 0.2) is 58.6 Å². The zero-order valence-corrected chi connectivity index (χ0v) is 14.1. The third-order valence-corrected chi connectivity index (χ3v) is 4.27. The number of benzene rings is 2. The maximum atomic E-state index is 12.9. The summed E-state index contributed by atoms with van der Waals surface area (Å²) >= 11 is 6.68. The van der Waals surface area contributed by atoms with Crippen molar-refractivity contribution in [1.29, 1.82) is 0 Å². The Kier molecular flexibility index (Phi) is 5.16. The summed E-state index contributed by atoms with van der Waals surface area (Å²) in [5, 5.41) is 18.9. The number of aliphatic carboxylic acids is 1. The number of nitrogens with one attached hydrogen (secondary N) is 1. The second-order valence-electron chi connectivity index (χ2n) is 4.92. The molecule has 0 bridgehead atoms. The zero-order chi connectivity index (χ0) is 17.8. The first kappa shape index (κ1) is 17.2. The zero-order valence-electron chi connectivity index (χ0n) is 12.6. The van der Waals surface area contributed by atoms with Crippen LogP contribution in [0.25, 0.3) is 17.5 Å². The van der Waals surface area contributed by atoms with Crippen molar-refractivity contribution >= 4 is 35.4 Å². The largest absolute Gasteiger partial charge is 0.544 e. The molecule has 8 heteroatoms. The predicted molar refractivity (Wildman–Crippen MR) is 92.1 cm³/mol. The number of aromatic amines is 1. The molecule has 2 aromatic carbocycles. The number of hydrogen-bond donors (Lipinski definition) is 1. The second-order valence-corrected chi connectivity index (χ2v) is 6.37. The highest BCUT2D eigenvalue weighted by Crippen LogP contribution is 2.27. The molecule has 0 saturated heterocycles. The van der Waals surface area contributed by atoms with Crippen molar-refractivity contribution in [2.24, 2.45) is 0 Å². The molecule has 1 N–H and O–H groups in total. The monoisotopic (exact) mass is 374 g/mol. The van der Waals surface area contributed by atoms with Gasteiger partial charge < -0.3 is 9.90 Å². The second kappa shape index (κ2) is 7.50. The van der Waals surface area contributed by atoms with E-state index in [4.69, 9.17) is 11.6 Å². The number of hydrogen-bond acceptors (Lipinski definition) is 5. The SMILES string of the molecule is O=C([O-])/C(=C/c1ccc(F)cc1)Sc1n[nH]c(-c2ccc(Cl)cc2)n1. The summed E-state index contributed by atoms with van der Waals surface area (Å²) in [6, 6.07) is 12.4. The molecule has 0 saturated carbocycles. The molecule has 0 aliphatic carbocycles. The molecular weight excluding hydrogens is 365 g/mol. The molecule has 0 unspecified atom stereocenters. The lowest BCUT2D eigenvalue weighted by Gasteiger charge is -2.05. The van der Waals surface area contributed by atoms with Gasteiger partial charge in [0.1, 0.15) is 5.82 Å². The predicted octanol–water partition coefficient (Wildman–Crippen LogP) is 3.15. The average molecular weight is 375 g/mol. The third kappa shape index (κ3) is 4.46. The molecule has 1 aromatic heterocycles. The van der Waals surface area contributed by atoms with Gasteiger partial charge in [0.15, 0.2) is 5.82 Å². The number of carboxylic acid groups (broad SMARTS) is 1. The number of nitrogens with zero attached hydrogens (tertiary/aromatic N) is 2. The number of halogens is 2. The average Bonchev–Trinajstić information content (AvgIpc) is 3.05. The Labute approximate surface area is 151 Å². The maximum absolute atomic E-state index is 12.9. The van der Waals surface area contributed by atoms with Crippen LogP contribution in [-0.2, 0) is 4.79 Å². The summed E-state index contributed by atoms with van der Waals surface area (Å²) in [4.78, 5) is 15.5. The summed E-state index contributed by atoms with van der Waals surface area (Å²) in [5.41, 5.74) is 1.29. The number of carbonyl (C=O) groups excluding carboxylic acids is 1. The Morgan fingerprint density at radius 2 is 1.84 bits per heavy atom. The van der Waals surface area contributed by atoms with Gasteiger partial charge in [-0.25, -0.2) is 9.37 Å². The Morgan fingerprint density at radius 1 is 1.16 bits per heavy atom. The first-order valence-corrected chi connectivity index (χ1v) is 8.25. The molecule has 1 heterocycles. The molecule has 0 amide bonds. The molecule has 0 aliphatic heterocycles. The fourth-order valence-electron chi connectivity index (χ4n) is 1.97. The van der Waals surface area contributed by atoms with Crippen molar-refractivity contribution in [3.05, 3.63) is 69.8 Å². The molecule has 0 atom stereocenters. The Morgan fingerprint density at radius 3 is 2.48 bits per heavy atom. The van der Waals surface area contributed by atoms with Crippen LogP contribution in [-0.4, -0.2) is 21.2 Å². The van der Waals surface area contributed by atoms with E-state index in [1.165, 1.54) is 30.3 Å². The minimum Gasteiger partial charge on any atom is -0.544 e. The van der Waals surface area contributed by atoms with Crippen LogP contribution in [0.2, 0.25) is 5.02 Å². The van der Waals surface area contributed by atoms with E-state index < -0.39 is 11.8 Å². The van der Waals surface area contributed by atoms with Gasteiger partial charge in [-0.3, -0.25) is 5.10 Å². The molecule has 0 spiro atoms. The molecular formula is C17H10ClFN3O2S-. The topological polar surface area (TPSA) is 81.7 Å². The van der Waals surface area contributed by atoms with Crippen molar-refractivity contribution in [3.8, 4) is 11.4 Å². The minimum absolute atomic E-state index is 0.0896. The van der Waals surface area contributed by atoms with Crippen molar-refractivity contribution in [3.63, 3.8) is 0 Å². The van der Waals surface area contributed by atoms with Gasteiger partial charge in [-0.2, -0.15) is 0 Å². The van der Waals surface area contributed by atoms with Crippen LogP contribution in [0.4, 0.5) is 4.39 Å². The summed E-state index contributed by atoms with van der Waals surface area (Å²) in [6.45, 7) is 0. The van der Waals surface area contributed by atoms with Gasteiger partial charge in [0.2, 0.25) is 5.16 Å². The molecule has 5 nitrogen and oxygen atoms in total. The fourth-order valence-corrected chi connectivity index (χ4v) is 2.80. The van der Waals surface area contributed by atoms with E-state index in [2.05, 4.69) is 15.2 Å². The van der Waals surface area contributed by atoms with Crippen LogP contribution < -0.4 is 5.11 Å². The van der Waals surface area contributed by atoms with E-state index in [0.29, 0.717) is 16.4 Å². The van der Waals surface area contributed by atoms with Gasteiger partial charge in [0, 0.05) is 15.5 Å². The van der Waals surface area contributed by atoms with E-state index in [1.54, 1.807) is 24.3 Å². The number of carboxylic acids is 1. The molecule has 126 valence electrons. The number of carbonyl (C=O) groups is 1. The Bertz CT molecular complexity index is 924. The van der Waals surface area contributed by atoms with E-state index in [1.807, 2.05) is 0 Å². The van der Waals surface area contributed by atoms with Crippen molar-refractivity contribution in [2.45, 2.75) is 5.16 Å². The molecule has 3 rings (SSSR count). The minimum atomic E-state index is -1.37. The Balaban J connectivity index is 1.82. The summed E-state index contributed by atoms with van der Waals surface area (Å²) in [6.07, 6.45) is 1.37. The highest BCUT2D eigenvalue weighted by atomic mass is 35.5. The van der Waals surface area contributed by atoms with Gasteiger partial charge in [0.25, 0.3) is 0 Å².